The molecule has 0 bridgehead atoms. The molecule has 1 aliphatic rings. The first kappa shape index (κ1) is 19.2. The van der Waals surface area contributed by atoms with Crippen molar-refractivity contribution < 1.29 is 14.3 Å². The van der Waals surface area contributed by atoms with E-state index in [0.29, 0.717) is 22.4 Å². The molecule has 2 atom stereocenters. The van der Waals surface area contributed by atoms with Gasteiger partial charge in [0.05, 0.1) is 11.7 Å². The van der Waals surface area contributed by atoms with Crippen molar-refractivity contribution in [2.24, 2.45) is 0 Å². The number of benzene rings is 2. The van der Waals surface area contributed by atoms with E-state index in [0.717, 1.165) is 5.56 Å². The number of anilines is 1. The molecular weight excluding hydrogens is 364 g/mol. The number of fused-ring (bicyclic) bond motifs is 1. The average Bonchev–Trinajstić information content (AvgIpc) is 2.63. The highest BCUT2D eigenvalue weighted by Gasteiger charge is 2.47. The van der Waals surface area contributed by atoms with Gasteiger partial charge in [-0.1, -0.05) is 49.7 Å². The zero-order chi connectivity index (χ0) is 19.8. The zero-order valence-electron chi connectivity index (χ0n) is 15.8. The van der Waals surface area contributed by atoms with Gasteiger partial charge in [-0.3, -0.25) is 9.59 Å². The van der Waals surface area contributed by atoms with Crippen LogP contribution >= 0.6 is 11.6 Å². The topological polar surface area (TPSA) is 67.4 Å². The number of amides is 2. The van der Waals surface area contributed by atoms with Gasteiger partial charge in [0.2, 0.25) is 0 Å². The summed E-state index contributed by atoms with van der Waals surface area (Å²) in [5.74, 6) is -0.181. The lowest BCUT2D eigenvalue weighted by molar-refractivity contribution is -0.147. The molecule has 27 heavy (non-hydrogen) atoms. The molecule has 5 nitrogen and oxygen atoms in total. The van der Waals surface area contributed by atoms with Crippen molar-refractivity contribution in [1.82, 2.24) is 5.32 Å². The van der Waals surface area contributed by atoms with E-state index in [1.54, 1.807) is 18.2 Å². The monoisotopic (exact) mass is 386 g/mol. The molecule has 142 valence electrons. The van der Waals surface area contributed by atoms with Gasteiger partial charge in [0.25, 0.3) is 17.4 Å². The Kier molecular flexibility index (Phi) is 5.16. The summed E-state index contributed by atoms with van der Waals surface area (Å²) in [5.41, 5.74) is 0.983. The fourth-order valence-corrected chi connectivity index (χ4v) is 3.11. The van der Waals surface area contributed by atoms with E-state index in [2.05, 4.69) is 24.5 Å². The first-order chi connectivity index (χ1) is 12.7. The number of nitrogens with one attached hydrogen (secondary N) is 2. The largest absolute Gasteiger partial charge is 0.466 e. The zero-order valence-corrected chi connectivity index (χ0v) is 16.6. The summed E-state index contributed by atoms with van der Waals surface area (Å²) in [5, 5.41) is 6.05. The summed E-state index contributed by atoms with van der Waals surface area (Å²) in [7, 11) is 0. The lowest BCUT2D eigenvalue weighted by Crippen LogP contribution is -2.59. The molecule has 0 saturated heterocycles. The van der Waals surface area contributed by atoms with Gasteiger partial charge < -0.3 is 15.4 Å². The van der Waals surface area contributed by atoms with Crippen LogP contribution in [-0.4, -0.2) is 17.4 Å². The van der Waals surface area contributed by atoms with Gasteiger partial charge in [-0.2, -0.15) is 0 Å². The third-order valence-corrected chi connectivity index (χ3v) is 5.06. The molecule has 1 heterocycles. The Bertz CT molecular complexity index is 879. The molecule has 2 N–H and O–H groups in total. The van der Waals surface area contributed by atoms with Crippen LogP contribution in [0.3, 0.4) is 0 Å². The molecule has 0 saturated carbocycles. The van der Waals surface area contributed by atoms with E-state index < -0.39 is 17.4 Å². The number of carbonyl (C=O) groups excluding carboxylic acids is 2. The average molecular weight is 387 g/mol. The van der Waals surface area contributed by atoms with E-state index in [4.69, 9.17) is 16.3 Å². The van der Waals surface area contributed by atoms with Crippen molar-refractivity contribution in [3.8, 4) is 5.75 Å². The Morgan fingerprint density at radius 2 is 1.74 bits per heavy atom. The second-order valence-corrected chi connectivity index (χ2v) is 7.68. The lowest BCUT2D eigenvalue weighted by atomic mass is 9.98. The van der Waals surface area contributed by atoms with Crippen LogP contribution < -0.4 is 15.4 Å². The maximum Gasteiger partial charge on any atom is 0.278 e. The minimum atomic E-state index is -1.66. The molecule has 2 unspecified atom stereocenters. The first-order valence-corrected chi connectivity index (χ1v) is 9.29. The third-order valence-electron chi connectivity index (χ3n) is 4.82. The number of hydrogen-bond acceptors (Lipinski definition) is 3. The van der Waals surface area contributed by atoms with Gasteiger partial charge in [-0.15, -0.1) is 0 Å². The lowest BCUT2D eigenvalue weighted by Gasteiger charge is -2.34. The normalized spacial score (nSPS) is 19.7. The maximum absolute atomic E-state index is 12.8. The van der Waals surface area contributed by atoms with Crippen molar-refractivity contribution in [3.05, 3.63) is 58.6 Å². The third kappa shape index (κ3) is 3.78. The van der Waals surface area contributed by atoms with Crippen LogP contribution in [0.2, 0.25) is 5.02 Å². The van der Waals surface area contributed by atoms with Gasteiger partial charge in [-0.05, 0) is 49.1 Å². The van der Waals surface area contributed by atoms with Crippen LogP contribution in [-0.2, 0) is 9.59 Å². The molecule has 0 spiro atoms. The SMILES string of the molecule is CC(C)c1ccc(C(C)NC(=O)C2(C)Oc3ccc(Cl)cc3NC2=O)cc1. The molecule has 0 aliphatic carbocycles. The molecule has 2 amide bonds. The number of hydrogen-bond donors (Lipinski definition) is 2. The van der Waals surface area contributed by atoms with Gasteiger partial charge in [0.1, 0.15) is 5.75 Å². The summed E-state index contributed by atoms with van der Waals surface area (Å²) in [4.78, 5) is 25.4. The molecule has 1 aliphatic heterocycles. The van der Waals surface area contributed by atoms with Gasteiger partial charge in [0, 0.05) is 5.02 Å². The van der Waals surface area contributed by atoms with Gasteiger partial charge in [0.15, 0.2) is 0 Å². The van der Waals surface area contributed by atoms with Crippen LogP contribution in [0.25, 0.3) is 0 Å². The molecule has 0 aromatic heterocycles. The number of halogens is 1. The van der Waals surface area contributed by atoms with Crippen molar-refractivity contribution in [3.63, 3.8) is 0 Å². The molecule has 2 aromatic rings. The molecule has 2 aromatic carbocycles. The van der Waals surface area contributed by atoms with Crippen molar-refractivity contribution in [2.45, 2.75) is 45.3 Å². The van der Waals surface area contributed by atoms with Crippen molar-refractivity contribution in [1.29, 1.82) is 0 Å². The highest BCUT2D eigenvalue weighted by molar-refractivity contribution is 6.31. The van der Waals surface area contributed by atoms with Gasteiger partial charge in [-0.25, -0.2) is 0 Å². The molecule has 6 heteroatoms. The summed E-state index contributed by atoms with van der Waals surface area (Å²) in [6, 6.07) is 12.7. The molecular formula is C21H23ClN2O3. The number of rotatable bonds is 4. The van der Waals surface area contributed by atoms with E-state index >= 15 is 0 Å². The fourth-order valence-electron chi connectivity index (χ4n) is 2.93. The number of carbonyl (C=O) groups is 2. The van der Waals surface area contributed by atoms with E-state index in [9.17, 15) is 9.59 Å². The van der Waals surface area contributed by atoms with Crippen LogP contribution in [0.4, 0.5) is 5.69 Å². The van der Waals surface area contributed by atoms with Crippen LogP contribution in [0, 0.1) is 0 Å². The fraction of sp³-hybridized carbons (Fsp3) is 0.333. The number of ether oxygens (including phenoxy) is 1. The summed E-state index contributed by atoms with van der Waals surface area (Å²) in [6.45, 7) is 7.60. The predicted octanol–water partition coefficient (Wildman–Crippen LogP) is 4.43. The molecule has 0 radical (unpaired) electrons. The predicted molar refractivity (Wildman–Crippen MR) is 106 cm³/mol. The second kappa shape index (κ2) is 7.24. The molecule has 0 fully saturated rings. The van der Waals surface area contributed by atoms with Crippen molar-refractivity contribution >= 4 is 29.1 Å². The highest BCUT2D eigenvalue weighted by atomic mass is 35.5. The minimum Gasteiger partial charge on any atom is -0.466 e. The minimum absolute atomic E-state index is 0.265. The highest BCUT2D eigenvalue weighted by Crippen LogP contribution is 2.36. The van der Waals surface area contributed by atoms with Gasteiger partial charge >= 0.3 is 0 Å². The van der Waals surface area contributed by atoms with E-state index in [1.165, 1.54) is 12.5 Å². The van der Waals surface area contributed by atoms with E-state index in [-0.39, 0.29) is 6.04 Å². The first-order valence-electron chi connectivity index (χ1n) is 8.91. The summed E-state index contributed by atoms with van der Waals surface area (Å²) >= 11 is 5.94. The smallest absolute Gasteiger partial charge is 0.278 e. The Labute approximate surface area is 164 Å². The van der Waals surface area contributed by atoms with Crippen LogP contribution in [0.15, 0.2) is 42.5 Å². The van der Waals surface area contributed by atoms with Crippen LogP contribution in [0.5, 0.6) is 5.75 Å². The molecule has 3 rings (SSSR count). The van der Waals surface area contributed by atoms with E-state index in [1.807, 2.05) is 31.2 Å². The Morgan fingerprint density at radius 1 is 1.11 bits per heavy atom. The standard InChI is InChI=1S/C21H23ClN2O3/c1-12(2)14-5-7-15(8-6-14)13(3)23-19(25)21(4)20(26)24-17-11-16(22)9-10-18(17)27-21/h5-13H,1-4H3,(H,23,25)(H,24,26). The van der Waals surface area contributed by atoms with Crippen molar-refractivity contribution in [2.75, 3.05) is 5.32 Å². The second-order valence-electron chi connectivity index (χ2n) is 7.25. The Hall–Kier alpha value is -2.53. The quantitative estimate of drug-likeness (QED) is 0.764. The summed E-state index contributed by atoms with van der Waals surface area (Å²) < 4.78 is 5.75. The summed E-state index contributed by atoms with van der Waals surface area (Å²) in [6.07, 6.45) is 0. The Morgan fingerprint density at radius 3 is 2.37 bits per heavy atom. The maximum atomic E-state index is 12.8. The Balaban J connectivity index is 1.76. The van der Waals surface area contributed by atoms with Crippen LogP contribution in [0.1, 0.15) is 50.8 Å².